The van der Waals surface area contributed by atoms with Crippen LogP contribution in [0, 0.1) is 0 Å². The van der Waals surface area contributed by atoms with E-state index in [9.17, 15) is 0 Å². The molecule has 1 aliphatic rings. The quantitative estimate of drug-likeness (QED) is 0.599. The van der Waals surface area contributed by atoms with Crippen LogP contribution in [0.3, 0.4) is 0 Å². The number of nitrogens with two attached hydrogens (primary N) is 1. The van der Waals surface area contributed by atoms with Gasteiger partial charge in [-0.1, -0.05) is 24.5 Å². The van der Waals surface area contributed by atoms with E-state index in [-0.39, 0.29) is 57.6 Å². The van der Waals surface area contributed by atoms with Crippen molar-refractivity contribution in [2.24, 2.45) is 17.8 Å². The Balaban J connectivity index is 0.000000963. The van der Waals surface area contributed by atoms with Crippen molar-refractivity contribution in [1.29, 1.82) is 0 Å². The monoisotopic (exact) mass is 238 g/mol. The van der Waals surface area contributed by atoms with Gasteiger partial charge in [0.25, 0.3) is 0 Å². The third-order valence-corrected chi connectivity index (χ3v) is 2.82. The van der Waals surface area contributed by atoms with Crippen molar-refractivity contribution in [3.8, 4) is 0 Å². The second-order valence-corrected chi connectivity index (χ2v) is 3.65. The maximum absolute atomic E-state index is 5.93. The molecule has 0 spiro atoms. The number of hydrogen-bond donors (Lipinski definition) is 1. The Morgan fingerprint density at radius 2 is 2.12 bits per heavy atom. The van der Waals surface area contributed by atoms with E-state index in [0.29, 0.717) is 0 Å². The Morgan fingerprint density at radius 3 is 2.94 bits per heavy atom. The molecule has 1 unspecified atom stereocenters. The van der Waals surface area contributed by atoms with Gasteiger partial charge in [-0.2, -0.15) is 0 Å². The minimum atomic E-state index is -0.296. The van der Waals surface area contributed by atoms with Crippen LogP contribution in [0.15, 0.2) is 29.3 Å². The van der Waals surface area contributed by atoms with E-state index >= 15 is 0 Å². The molecule has 2 heterocycles. The van der Waals surface area contributed by atoms with Crippen molar-refractivity contribution in [3.05, 3.63) is 35.3 Å². The van der Waals surface area contributed by atoms with E-state index < -0.39 is 0 Å². The molecule has 0 saturated carbocycles. The first-order valence-electron chi connectivity index (χ1n) is 4.84. The van der Waals surface area contributed by atoms with Gasteiger partial charge >= 0.3 is 51.4 Å². The van der Waals surface area contributed by atoms with E-state index in [2.05, 4.69) is 27.0 Å². The van der Waals surface area contributed by atoms with Crippen LogP contribution in [-0.4, -0.2) is 10.9 Å². The second kappa shape index (κ2) is 4.60. The van der Waals surface area contributed by atoms with Gasteiger partial charge in [0.15, 0.2) is 0 Å². The van der Waals surface area contributed by atoms with E-state index in [4.69, 9.17) is 5.73 Å². The topological polar surface area (TPSA) is 57.4 Å². The molecule has 3 rings (SSSR count). The SMILES string of the molecule is Cn1c2c(c3ccccc31)N=C[N-]C2N.[K+]. The summed E-state index contributed by atoms with van der Waals surface area (Å²) in [4.78, 5) is 4.30. The van der Waals surface area contributed by atoms with Gasteiger partial charge in [-0.05, 0) is 11.8 Å². The molecule has 2 aromatic rings. The molecule has 2 N–H and O–H groups in total. The predicted molar refractivity (Wildman–Crippen MR) is 61.4 cm³/mol. The molecular weight excluding hydrogens is 227 g/mol. The second-order valence-electron chi connectivity index (χ2n) is 3.65. The smallest absolute Gasteiger partial charge is 0.451 e. The third-order valence-electron chi connectivity index (χ3n) is 2.82. The number of nitrogens with zero attached hydrogens (tertiary/aromatic N) is 3. The number of aliphatic imine (C=N–C) groups is 1. The molecule has 0 amide bonds. The number of hydrogen-bond acceptors (Lipinski definition) is 2. The van der Waals surface area contributed by atoms with Crippen molar-refractivity contribution >= 4 is 22.9 Å². The van der Waals surface area contributed by atoms with Gasteiger partial charge in [-0.3, -0.25) is 0 Å². The Bertz CT molecular complexity index is 558. The summed E-state index contributed by atoms with van der Waals surface area (Å²) in [5.74, 6) is 0. The van der Waals surface area contributed by atoms with Crippen molar-refractivity contribution in [2.45, 2.75) is 6.17 Å². The summed E-state index contributed by atoms with van der Waals surface area (Å²) in [6, 6.07) is 8.15. The fourth-order valence-corrected chi connectivity index (χ4v) is 2.10. The van der Waals surface area contributed by atoms with Crippen LogP contribution in [0.2, 0.25) is 0 Å². The van der Waals surface area contributed by atoms with Gasteiger partial charge in [0, 0.05) is 23.6 Å². The van der Waals surface area contributed by atoms with Crippen LogP contribution in [0.1, 0.15) is 11.9 Å². The normalized spacial score (nSPS) is 17.8. The van der Waals surface area contributed by atoms with Crippen molar-refractivity contribution in [3.63, 3.8) is 0 Å². The van der Waals surface area contributed by atoms with E-state index in [1.807, 2.05) is 19.2 Å². The number of rotatable bonds is 0. The van der Waals surface area contributed by atoms with Crippen molar-refractivity contribution in [2.75, 3.05) is 0 Å². The maximum Gasteiger partial charge on any atom is 1.00 e. The van der Waals surface area contributed by atoms with E-state index in [1.54, 1.807) is 6.34 Å². The maximum atomic E-state index is 5.93. The third kappa shape index (κ3) is 1.68. The number of aryl methyl sites for hydroxylation is 1. The Kier molecular flexibility index (Phi) is 3.53. The van der Waals surface area contributed by atoms with Crippen LogP contribution in [0.4, 0.5) is 5.69 Å². The first-order chi connectivity index (χ1) is 7.29. The fourth-order valence-electron chi connectivity index (χ4n) is 2.10. The molecule has 76 valence electrons. The fraction of sp³-hybridized carbons (Fsp3) is 0.182. The molecule has 0 aliphatic carbocycles. The first kappa shape index (κ1) is 12.3. The van der Waals surface area contributed by atoms with E-state index in [1.165, 1.54) is 0 Å². The van der Waals surface area contributed by atoms with Crippen molar-refractivity contribution in [1.82, 2.24) is 4.57 Å². The van der Waals surface area contributed by atoms with Crippen molar-refractivity contribution < 1.29 is 51.4 Å². The molecular formula is C11H11KN4. The van der Waals surface area contributed by atoms with E-state index in [0.717, 1.165) is 22.3 Å². The zero-order chi connectivity index (χ0) is 10.4. The molecule has 1 aromatic carbocycles. The van der Waals surface area contributed by atoms with Gasteiger partial charge < -0.3 is 20.6 Å². The minimum Gasteiger partial charge on any atom is -0.451 e. The van der Waals surface area contributed by atoms with Crippen LogP contribution >= 0.6 is 0 Å². The zero-order valence-electron chi connectivity index (χ0n) is 9.38. The Morgan fingerprint density at radius 1 is 1.38 bits per heavy atom. The molecule has 1 aliphatic heterocycles. The van der Waals surface area contributed by atoms with Crippen LogP contribution in [0.25, 0.3) is 16.2 Å². The molecule has 0 radical (unpaired) electrons. The minimum absolute atomic E-state index is 0. The van der Waals surface area contributed by atoms with Crippen LogP contribution in [-0.2, 0) is 7.05 Å². The van der Waals surface area contributed by atoms with Crippen LogP contribution < -0.4 is 57.1 Å². The first-order valence-corrected chi connectivity index (χ1v) is 4.84. The number of benzene rings is 1. The summed E-state index contributed by atoms with van der Waals surface area (Å²) in [5.41, 5.74) is 9.02. The van der Waals surface area contributed by atoms with Gasteiger partial charge in [0.1, 0.15) is 0 Å². The summed E-state index contributed by atoms with van der Waals surface area (Å²) >= 11 is 0. The average Bonchev–Trinajstić information content (AvgIpc) is 2.55. The standard InChI is InChI=1S/C11H11N4.K/c1-15-8-5-3-2-4-7(8)9-10(15)11(12)14-6-13-9;/h2-6,11H,12H2,1H3;/q-1;+1. The molecule has 1 atom stereocenters. The summed E-state index contributed by atoms with van der Waals surface area (Å²) < 4.78 is 2.06. The number of para-hydroxylation sites is 1. The summed E-state index contributed by atoms with van der Waals surface area (Å²) in [5, 5.41) is 5.23. The molecule has 4 nitrogen and oxygen atoms in total. The largest absolute Gasteiger partial charge is 1.00 e. The Labute approximate surface area is 136 Å². The molecule has 0 fully saturated rings. The average molecular weight is 238 g/mol. The molecule has 1 aromatic heterocycles. The van der Waals surface area contributed by atoms with Gasteiger partial charge in [-0.25, -0.2) is 0 Å². The zero-order valence-corrected chi connectivity index (χ0v) is 12.5. The Hall–Kier alpha value is -0.174. The molecule has 5 heteroatoms. The van der Waals surface area contributed by atoms with Crippen LogP contribution in [0.5, 0.6) is 0 Å². The summed E-state index contributed by atoms with van der Waals surface area (Å²) in [7, 11) is 2.00. The molecule has 0 saturated heterocycles. The summed E-state index contributed by atoms with van der Waals surface area (Å²) in [6.07, 6.45) is 1.24. The number of aromatic nitrogens is 1. The predicted octanol–water partition coefficient (Wildman–Crippen LogP) is -0.813. The number of fused-ring (bicyclic) bond motifs is 3. The summed E-state index contributed by atoms with van der Waals surface area (Å²) in [6.45, 7) is 0. The van der Waals surface area contributed by atoms with Gasteiger partial charge in [0.2, 0.25) is 0 Å². The van der Waals surface area contributed by atoms with Gasteiger partial charge in [0.05, 0.1) is 6.17 Å². The molecule has 16 heavy (non-hydrogen) atoms. The van der Waals surface area contributed by atoms with Gasteiger partial charge in [-0.15, -0.1) is 0 Å². The molecule has 0 bridgehead atoms.